The Balaban J connectivity index is 1.80. The van der Waals surface area contributed by atoms with E-state index in [-0.39, 0.29) is 11.9 Å². The minimum absolute atomic E-state index is 0.000737. The van der Waals surface area contributed by atoms with Gasteiger partial charge >= 0.3 is 0 Å². The molecule has 3 aromatic rings. The summed E-state index contributed by atoms with van der Waals surface area (Å²) < 4.78 is 1.78. The number of thioether (sulfide) groups is 1. The first kappa shape index (κ1) is 20.3. The van der Waals surface area contributed by atoms with Crippen molar-refractivity contribution in [1.29, 1.82) is 0 Å². The van der Waals surface area contributed by atoms with E-state index >= 15 is 0 Å². The van der Waals surface area contributed by atoms with Crippen LogP contribution in [0.15, 0.2) is 29.4 Å². The van der Waals surface area contributed by atoms with Gasteiger partial charge in [0, 0.05) is 23.9 Å². The third-order valence-corrected chi connectivity index (χ3v) is 5.68. The van der Waals surface area contributed by atoms with Crippen molar-refractivity contribution in [2.75, 3.05) is 5.75 Å². The fourth-order valence-corrected chi connectivity index (χ4v) is 3.71. The highest BCUT2D eigenvalue weighted by molar-refractivity contribution is 7.99. The summed E-state index contributed by atoms with van der Waals surface area (Å²) in [6, 6.07) is 8.69. The molecule has 0 saturated heterocycles. The Morgan fingerprint density at radius 2 is 2.04 bits per heavy atom. The fourth-order valence-electron chi connectivity index (χ4n) is 3.08. The van der Waals surface area contributed by atoms with Gasteiger partial charge in [-0.25, -0.2) is 9.50 Å². The highest BCUT2D eigenvalue weighted by Gasteiger charge is 2.15. The molecule has 3 rings (SSSR count). The van der Waals surface area contributed by atoms with Crippen LogP contribution >= 0.6 is 11.8 Å². The van der Waals surface area contributed by atoms with Crippen LogP contribution in [0.2, 0.25) is 0 Å². The van der Waals surface area contributed by atoms with E-state index in [1.54, 1.807) is 4.52 Å². The lowest BCUT2D eigenvalue weighted by molar-refractivity contribution is -0.119. The maximum atomic E-state index is 12.0. The Bertz CT molecular complexity index is 998. The third kappa shape index (κ3) is 4.70. The van der Waals surface area contributed by atoms with Crippen LogP contribution in [0, 0.1) is 20.8 Å². The van der Waals surface area contributed by atoms with Gasteiger partial charge in [-0.15, -0.1) is 5.10 Å². The molecule has 148 valence electrons. The quantitative estimate of drug-likeness (QED) is 0.616. The molecule has 1 N–H and O–H groups in total. The maximum absolute atomic E-state index is 12.0. The number of aromatic nitrogens is 4. The second kappa shape index (κ2) is 8.73. The highest BCUT2D eigenvalue weighted by atomic mass is 32.2. The van der Waals surface area contributed by atoms with Gasteiger partial charge in [0.25, 0.3) is 5.78 Å². The Morgan fingerprint density at radius 1 is 1.25 bits per heavy atom. The molecule has 0 fully saturated rings. The number of hydrogen-bond acceptors (Lipinski definition) is 5. The molecule has 0 aliphatic carbocycles. The van der Waals surface area contributed by atoms with Gasteiger partial charge < -0.3 is 5.32 Å². The first-order valence-corrected chi connectivity index (χ1v) is 10.6. The number of nitrogens with one attached hydrogen (secondary N) is 1. The Kier molecular flexibility index (Phi) is 6.34. The van der Waals surface area contributed by atoms with Gasteiger partial charge in [0.15, 0.2) is 0 Å². The SMILES string of the molecule is CCC(C)NC(=O)CSc1nc2nc(C)c(Cc3cccc(C)c3)c(C)n2n1. The summed E-state index contributed by atoms with van der Waals surface area (Å²) in [7, 11) is 0. The van der Waals surface area contributed by atoms with Gasteiger partial charge in [0.2, 0.25) is 11.1 Å². The normalized spacial score (nSPS) is 12.3. The Labute approximate surface area is 170 Å². The van der Waals surface area contributed by atoms with Crippen molar-refractivity contribution in [3.8, 4) is 0 Å². The van der Waals surface area contributed by atoms with Gasteiger partial charge in [-0.3, -0.25) is 4.79 Å². The molecule has 1 unspecified atom stereocenters. The number of hydrogen-bond donors (Lipinski definition) is 1. The number of amides is 1. The summed E-state index contributed by atoms with van der Waals surface area (Å²) in [4.78, 5) is 21.1. The molecule has 0 radical (unpaired) electrons. The van der Waals surface area contributed by atoms with E-state index in [4.69, 9.17) is 0 Å². The van der Waals surface area contributed by atoms with Crippen molar-refractivity contribution in [2.24, 2.45) is 0 Å². The number of benzene rings is 1. The molecule has 1 aromatic carbocycles. The largest absolute Gasteiger partial charge is 0.353 e. The van der Waals surface area contributed by atoms with Gasteiger partial charge in [0.1, 0.15) is 0 Å². The zero-order valence-corrected chi connectivity index (χ0v) is 17.9. The lowest BCUT2D eigenvalue weighted by Crippen LogP contribution is -2.33. The average Bonchev–Trinajstić information content (AvgIpc) is 3.06. The van der Waals surface area contributed by atoms with Crippen LogP contribution in [-0.4, -0.2) is 37.3 Å². The molecule has 0 spiro atoms. The summed E-state index contributed by atoms with van der Waals surface area (Å²) in [6.45, 7) is 10.2. The van der Waals surface area contributed by atoms with Crippen LogP contribution < -0.4 is 5.32 Å². The summed E-state index contributed by atoms with van der Waals surface area (Å²) >= 11 is 1.34. The average molecular weight is 398 g/mol. The number of rotatable bonds is 7. The van der Waals surface area contributed by atoms with Crippen molar-refractivity contribution >= 4 is 23.4 Å². The monoisotopic (exact) mass is 397 g/mol. The molecule has 1 amide bonds. The smallest absolute Gasteiger partial charge is 0.253 e. The van der Waals surface area contributed by atoms with Gasteiger partial charge in [-0.2, -0.15) is 4.98 Å². The molecule has 7 heteroatoms. The number of nitrogens with zero attached hydrogens (tertiary/aromatic N) is 4. The zero-order chi connectivity index (χ0) is 20.3. The van der Waals surface area contributed by atoms with E-state index < -0.39 is 0 Å². The Hall–Kier alpha value is -2.41. The molecule has 0 bridgehead atoms. The minimum Gasteiger partial charge on any atom is -0.353 e. The molecular weight excluding hydrogens is 370 g/mol. The first-order valence-electron chi connectivity index (χ1n) is 9.58. The number of carbonyl (C=O) groups excluding carboxylic acids is 1. The molecule has 0 aliphatic rings. The van der Waals surface area contributed by atoms with Crippen LogP contribution in [0.25, 0.3) is 5.78 Å². The third-order valence-electron chi connectivity index (χ3n) is 4.85. The molecule has 6 nitrogen and oxygen atoms in total. The zero-order valence-electron chi connectivity index (χ0n) is 17.1. The molecule has 1 atom stereocenters. The Morgan fingerprint density at radius 3 is 2.75 bits per heavy atom. The molecule has 2 aromatic heterocycles. The second-order valence-electron chi connectivity index (χ2n) is 7.20. The fraction of sp³-hybridized carbons (Fsp3) is 0.429. The predicted octanol–water partition coefficient (Wildman–Crippen LogP) is 3.65. The van der Waals surface area contributed by atoms with Gasteiger partial charge in [0.05, 0.1) is 5.75 Å². The van der Waals surface area contributed by atoms with Crippen molar-refractivity contribution in [1.82, 2.24) is 24.9 Å². The van der Waals surface area contributed by atoms with Crippen LogP contribution in [0.3, 0.4) is 0 Å². The van der Waals surface area contributed by atoms with E-state index in [2.05, 4.69) is 51.6 Å². The van der Waals surface area contributed by atoms with E-state index in [0.717, 1.165) is 29.8 Å². The maximum Gasteiger partial charge on any atom is 0.253 e. The van der Waals surface area contributed by atoms with E-state index in [1.807, 2.05) is 27.7 Å². The first-order chi connectivity index (χ1) is 13.4. The minimum atomic E-state index is -0.000737. The lowest BCUT2D eigenvalue weighted by atomic mass is 10.0. The van der Waals surface area contributed by atoms with Gasteiger partial charge in [-0.1, -0.05) is 48.5 Å². The number of aryl methyl sites for hydroxylation is 3. The van der Waals surface area contributed by atoms with Crippen molar-refractivity contribution in [2.45, 2.75) is 58.7 Å². The van der Waals surface area contributed by atoms with Crippen LogP contribution in [-0.2, 0) is 11.2 Å². The topological polar surface area (TPSA) is 72.2 Å². The van der Waals surface area contributed by atoms with Crippen LogP contribution in [0.4, 0.5) is 0 Å². The highest BCUT2D eigenvalue weighted by Crippen LogP contribution is 2.21. The molecule has 0 aliphatic heterocycles. The molecule has 0 saturated carbocycles. The van der Waals surface area contributed by atoms with Crippen molar-refractivity contribution in [3.63, 3.8) is 0 Å². The molecular formula is C21H27N5OS. The van der Waals surface area contributed by atoms with Crippen LogP contribution in [0.5, 0.6) is 0 Å². The lowest BCUT2D eigenvalue weighted by Gasteiger charge is -2.10. The standard InChI is InChI=1S/C21H27N5OS/c1-6-14(3)22-19(27)12-28-21-24-20-23-15(4)18(16(5)26(20)25-21)11-17-9-7-8-13(2)10-17/h7-10,14H,6,11-12H2,1-5H3,(H,22,27). The summed E-state index contributed by atoms with van der Waals surface area (Å²) in [5, 5.41) is 8.10. The molecule has 28 heavy (non-hydrogen) atoms. The van der Waals surface area contributed by atoms with E-state index in [1.165, 1.54) is 22.9 Å². The summed E-state index contributed by atoms with van der Waals surface area (Å²) in [5.74, 6) is 0.877. The van der Waals surface area contributed by atoms with E-state index in [0.29, 0.717) is 16.7 Å². The molecule has 2 heterocycles. The predicted molar refractivity (Wildman–Crippen MR) is 113 cm³/mol. The van der Waals surface area contributed by atoms with E-state index in [9.17, 15) is 4.79 Å². The number of carbonyl (C=O) groups is 1. The summed E-state index contributed by atoms with van der Waals surface area (Å²) in [5.41, 5.74) is 5.66. The van der Waals surface area contributed by atoms with Crippen molar-refractivity contribution < 1.29 is 4.79 Å². The van der Waals surface area contributed by atoms with Crippen molar-refractivity contribution in [3.05, 3.63) is 52.3 Å². The number of fused-ring (bicyclic) bond motifs is 1. The summed E-state index contributed by atoms with van der Waals surface area (Å²) in [6.07, 6.45) is 1.72. The van der Waals surface area contributed by atoms with Crippen LogP contribution in [0.1, 0.15) is 48.3 Å². The second-order valence-corrected chi connectivity index (χ2v) is 8.14. The van der Waals surface area contributed by atoms with Gasteiger partial charge in [-0.05, 0) is 45.2 Å².